The molecule has 0 spiro atoms. The normalized spacial score (nSPS) is 17.8. The highest BCUT2D eigenvalue weighted by Crippen LogP contribution is 2.17. The molecule has 3 nitrogen and oxygen atoms in total. The summed E-state index contributed by atoms with van der Waals surface area (Å²) in [5.74, 6) is 0.942. The second-order valence-electron chi connectivity index (χ2n) is 6.98. The molecule has 1 N–H and O–H groups in total. The van der Waals surface area contributed by atoms with Crippen molar-refractivity contribution in [1.29, 1.82) is 0 Å². The Morgan fingerprint density at radius 2 is 1.96 bits per heavy atom. The number of benzene rings is 2. The van der Waals surface area contributed by atoms with Gasteiger partial charge in [0.05, 0.1) is 0 Å². The summed E-state index contributed by atoms with van der Waals surface area (Å²) < 4.78 is 5.97. The van der Waals surface area contributed by atoms with Crippen LogP contribution in [0, 0.1) is 6.92 Å². The molecule has 0 aliphatic carbocycles. The molecular weight excluding hydrogens is 308 g/mol. The van der Waals surface area contributed by atoms with Gasteiger partial charge >= 0.3 is 0 Å². The summed E-state index contributed by atoms with van der Waals surface area (Å²) in [4.78, 5) is 2.58. The Morgan fingerprint density at radius 3 is 2.80 bits per heavy atom. The monoisotopic (exact) mass is 338 g/mol. The Bertz CT molecular complexity index is 671. The fraction of sp³-hybridized carbons (Fsp3) is 0.455. The second-order valence-corrected chi connectivity index (χ2v) is 6.98. The Labute approximate surface area is 152 Å². The number of rotatable bonds is 8. The van der Waals surface area contributed by atoms with Crippen LogP contribution in [0.15, 0.2) is 48.5 Å². The maximum Gasteiger partial charge on any atom is 0.120 e. The zero-order valence-electron chi connectivity index (χ0n) is 15.5. The minimum absolute atomic E-state index is 0.617. The van der Waals surface area contributed by atoms with Crippen molar-refractivity contribution < 1.29 is 4.74 Å². The summed E-state index contributed by atoms with van der Waals surface area (Å²) in [7, 11) is 0. The molecule has 1 saturated heterocycles. The number of nitrogens with one attached hydrogen (secondary N) is 1. The Hall–Kier alpha value is -1.84. The Balaban J connectivity index is 1.48. The quantitative estimate of drug-likeness (QED) is 0.782. The summed E-state index contributed by atoms with van der Waals surface area (Å²) in [6.07, 6.45) is 2.66. The predicted molar refractivity (Wildman–Crippen MR) is 104 cm³/mol. The molecule has 1 fully saturated rings. The van der Waals surface area contributed by atoms with Crippen molar-refractivity contribution in [2.24, 2.45) is 0 Å². The van der Waals surface area contributed by atoms with Crippen LogP contribution in [-0.4, -0.2) is 30.6 Å². The zero-order valence-corrected chi connectivity index (χ0v) is 15.5. The van der Waals surface area contributed by atoms with Crippen molar-refractivity contribution in [2.45, 2.75) is 45.9 Å². The molecule has 0 aromatic heterocycles. The lowest BCUT2D eigenvalue weighted by Gasteiger charge is -2.23. The minimum Gasteiger partial charge on any atom is -0.489 e. The average Bonchev–Trinajstić information content (AvgIpc) is 3.08. The molecule has 134 valence electrons. The third-order valence-corrected chi connectivity index (χ3v) is 5.00. The van der Waals surface area contributed by atoms with E-state index in [-0.39, 0.29) is 0 Å². The van der Waals surface area contributed by atoms with Crippen LogP contribution in [-0.2, 0) is 13.2 Å². The fourth-order valence-corrected chi connectivity index (χ4v) is 3.64. The predicted octanol–water partition coefficient (Wildman–Crippen LogP) is 4.15. The van der Waals surface area contributed by atoms with Crippen LogP contribution in [0.4, 0.5) is 0 Å². The molecular formula is C22H30N2O. The smallest absolute Gasteiger partial charge is 0.120 e. The molecule has 25 heavy (non-hydrogen) atoms. The van der Waals surface area contributed by atoms with Crippen LogP contribution in [0.5, 0.6) is 5.75 Å². The maximum absolute atomic E-state index is 5.97. The van der Waals surface area contributed by atoms with Crippen LogP contribution < -0.4 is 10.1 Å². The second kappa shape index (κ2) is 9.02. The van der Waals surface area contributed by atoms with Gasteiger partial charge in [0, 0.05) is 19.1 Å². The zero-order chi connectivity index (χ0) is 17.5. The van der Waals surface area contributed by atoms with Crippen LogP contribution in [0.3, 0.4) is 0 Å². The van der Waals surface area contributed by atoms with E-state index in [2.05, 4.69) is 66.5 Å². The average molecular weight is 338 g/mol. The molecule has 0 unspecified atom stereocenters. The summed E-state index contributed by atoms with van der Waals surface area (Å²) in [6, 6.07) is 17.6. The van der Waals surface area contributed by atoms with Crippen LogP contribution in [0.2, 0.25) is 0 Å². The highest BCUT2D eigenvalue weighted by Gasteiger charge is 2.21. The van der Waals surface area contributed by atoms with E-state index >= 15 is 0 Å². The van der Waals surface area contributed by atoms with E-state index in [9.17, 15) is 0 Å². The van der Waals surface area contributed by atoms with E-state index < -0.39 is 0 Å². The number of hydrogen-bond acceptors (Lipinski definition) is 3. The third-order valence-electron chi connectivity index (χ3n) is 5.00. The Kier molecular flexibility index (Phi) is 6.48. The number of likely N-dealkylation sites (tertiary alicyclic amines) is 1. The molecule has 1 heterocycles. The van der Waals surface area contributed by atoms with Gasteiger partial charge < -0.3 is 10.1 Å². The van der Waals surface area contributed by atoms with E-state index in [1.165, 1.54) is 36.1 Å². The molecule has 1 aliphatic heterocycles. The molecule has 0 radical (unpaired) electrons. The first kappa shape index (κ1) is 18.0. The van der Waals surface area contributed by atoms with Gasteiger partial charge in [-0.05, 0) is 56.1 Å². The first-order valence-corrected chi connectivity index (χ1v) is 9.46. The summed E-state index contributed by atoms with van der Waals surface area (Å²) in [5, 5.41) is 3.62. The SMILES string of the molecule is CCN1CCC[C@@H]1CNCc1cccc(OCc2cccc(C)c2)c1. The third kappa shape index (κ3) is 5.32. The topological polar surface area (TPSA) is 24.5 Å². The fourth-order valence-electron chi connectivity index (χ4n) is 3.64. The molecule has 2 aromatic rings. The standard InChI is InChI=1S/C22H30N2O/c1-3-24-12-6-10-21(24)16-23-15-19-8-5-11-22(14-19)25-17-20-9-4-7-18(2)13-20/h4-5,7-9,11,13-14,21,23H,3,6,10,12,15-17H2,1-2H3/t21-/m1/s1. The van der Waals surface area contributed by atoms with Crippen LogP contribution in [0.1, 0.15) is 36.5 Å². The van der Waals surface area contributed by atoms with Crippen molar-refractivity contribution in [3.05, 3.63) is 65.2 Å². The van der Waals surface area contributed by atoms with Crippen molar-refractivity contribution in [1.82, 2.24) is 10.2 Å². The van der Waals surface area contributed by atoms with E-state index in [0.29, 0.717) is 12.6 Å². The van der Waals surface area contributed by atoms with Gasteiger partial charge in [-0.15, -0.1) is 0 Å². The van der Waals surface area contributed by atoms with Crippen molar-refractivity contribution in [2.75, 3.05) is 19.6 Å². The largest absolute Gasteiger partial charge is 0.489 e. The lowest BCUT2D eigenvalue weighted by molar-refractivity contribution is 0.260. The molecule has 3 rings (SSSR count). The van der Waals surface area contributed by atoms with Crippen LogP contribution >= 0.6 is 0 Å². The summed E-state index contributed by atoms with van der Waals surface area (Å²) in [6.45, 7) is 9.37. The first-order valence-electron chi connectivity index (χ1n) is 9.46. The van der Waals surface area contributed by atoms with E-state index in [1.54, 1.807) is 0 Å². The van der Waals surface area contributed by atoms with Gasteiger partial charge in [-0.25, -0.2) is 0 Å². The van der Waals surface area contributed by atoms with E-state index in [1.807, 2.05) is 6.07 Å². The first-order chi connectivity index (χ1) is 12.2. The van der Waals surface area contributed by atoms with Crippen molar-refractivity contribution >= 4 is 0 Å². The Morgan fingerprint density at radius 1 is 1.12 bits per heavy atom. The molecule has 1 aliphatic rings. The summed E-state index contributed by atoms with van der Waals surface area (Å²) >= 11 is 0. The maximum atomic E-state index is 5.97. The molecule has 0 saturated carbocycles. The number of aryl methyl sites for hydroxylation is 1. The van der Waals surface area contributed by atoms with E-state index in [4.69, 9.17) is 4.74 Å². The van der Waals surface area contributed by atoms with Crippen molar-refractivity contribution in [3.63, 3.8) is 0 Å². The summed E-state index contributed by atoms with van der Waals surface area (Å²) in [5.41, 5.74) is 3.76. The van der Waals surface area contributed by atoms with Gasteiger partial charge in [0.2, 0.25) is 0 Å². The van der Waals surface area contributed by atoms with Crippen LogP contribution in [0.25, 0.3) is 0 Å². The molecule has 1 atom stereocenters. The number of ether oxygens (including phenoxy) is 1. The lowest BCUT2D eigenvalue weighted by Crippen LogP contribution is -2.37. The molecule has 3 heteroatoms. The van der Waals surface area contributed by atoms with Crippen molar-refractivity contribution in [3.8, 4) is 5.75 Å². The highest BCUT2D eigenvalue weighted by atomic mass is 16.5. The van der Waals surface area contributed by atoms with Gasteiger partial charge in [-0.3, -0.25) is 4.90 Å². The highest BCUT2D eigenvalue weighted by molar-refractivity contribution is 5.29. The van der Waals surface area contributed by atoms with Gasteiger partial charge in [-0.2, -0.15) is 0 Å². The molecule has 0 bridgehead atoms. The van der Waals surface area contributed by atoms with Gasteiger partial charge in [-0.1, -0.05) is 48.9 Å². The van der Waals surface area contributed by atoms with Gasteiger partial charge in [0.25, 0.3) is 0 Å². The number of hydrogen-bond donors (Lipinski definition) is 1. The van der Waals surface area contributed by atoms with Gasteiger partial charge in [0.1, 0.15) is 12.4 Å². The molecule has 0 amide bonds. The van der Waals surface area contributed by atoms with E-state index in [0.717, 1.165) is 25.4 Å². The lowest BCUT2D eigenvalue weighted by atomic mass is 10.1. The number of likely N-dealkylation sites (N-methyl/N-ethyl adjacent to an activating group) is 1. The minimum atomic E-state index is 0.617. The number of nitrogens with zero attached hydrogens (tertiary/aromatic N) is 1. The van der Waals surface area contributed by atoms with Gasteiger partial charge in [0.15, 0.2) is 0 Å². The molecule has 2 aromatic carbocycles.